The third-order valence-corrected chi connectivity index (χ3v) is 7.18. The van der Waals surface area contributed by atoms with Crippen molar-refractivity contribution in [2.45, 2.75) is 19.3 Å². The van der Waals surface area contributed by atoms with E-state index in [1.807, 2.05) is 71.6 Å². The number of hydrogen-bond donors (Lipinski definition) is 1. The lowest BCUT2D eigenvalue weighted by atomic mass is 9.91. The monoisotopic (exact) mass is 538 g/mol. The van der Waals surface area contributed by atoms with Gasteiger partial charge in [-0.15, -0.1) is 0 Å². The molecule has 10 nitrogen and oxygen atoms in total. The quantitative estimate of drug-likeness (QED) is 0.356. The Morgan fingerprint density at radius 3 is 1.95 bits per heavy atom. The number of aryl methyl sites for hydroxylation is 2. The van der Waals surface area contributed by atoms with Gasteiger partial charge in [0.05, 0.1) is 12.4 Å². The van der Waals surface area contributed by atoms with Crippen LogP contribution < -0.4 is 5.73 Å². The largest absolute Gasteiger partial charge is 0.365 e. The summed E-state index contributed by atoms with van der Waals surface area (Å²) in [6.07, 6.45) is 14.0. The molecule has 0 radical (unpaired) electrons. The van der Waals surface area contributed by atoms with Gasteiger partial charge < -0.3 is 19.8 Å². The summed E-state index contributed by atoms with van der Waals surface area (Å²) in [6.45, 7) is 1.64. The topological polar surface area (TPSA) is 109 Å². The lowest BCUT2D eigenvalue weighted by molar-refractivity contribution is 0.0673. The zero-order chi connectivity index (χ0) is 28.1. The van der Waals surface area contributed by atoms with E-state index in [4.69, 9.17) is 5.73 Å². The van der Waals surface area contributed by atoms with E-state index < -0.39 is 5.91 Å². The summed E-state index contributed by atoms with van der Waals surface area (Å²) in [5, 5.41) is 8.31. The van der Waals surface area contributed by atoms with Crippen molar-refractivity contribution in [2.75, 3.05) is 13.1 Å². The number of carbonyl (C=O) groups is 2. The first kappa shape index (κ1) is 26.7. The van der Waals surface area contributed by atoms with E-state index in [0.29, 0.717) is 22.9 Å². The maximum atomic E-state index is 13.2. The van der Waals surface area contributed by atoms with E-state index in [1.165, 1.54) is 18.2 Å². The molecule has 0 aliphatic carbocycles. The first-order valence-corrected chi connectivity index (χ1v) is 13.4. The predicted molar refractivity (Wildman–Crippen MR) is 152 cm³/mol. The number of amides is 2. The highest BCUT2D eigenvalue weighted by Crippen LogP contribution is 2.24. The predicted octanol–water partition coefficient (Wildman–Crippen LogP) is 3.62. The van der Waals surface area contributed by atoms with Crippen LogP contribution in [0.15, 0.2) is 91.8 Å². The van der Waals surface area contributed by atoms with Crippen molar-refractivity contribution in [2.24, 2.45) is 25.7 Å². The molecule has 1 unspecified atom stereocenters. The molecule has 1 atom stereocenters. The van der Waals surface area contributed by atoms with Crippen LogP contribution in [-0.2, 0) is 20.5 Å². The molecule has 2 N–H and O–H groups in total. The number of carbonyl (C=O) groups excluding carboxylic acids is 2. The average molecular weight is 539 g/mol. The van der Waals surface area contributed by atoms with Gasteiger partial charge in [0.15, 0.2) is 0 Å². The number of nitrogens with zero attached hydrogens (tertiary/aromatic N) is 7. The Bertz CT molecular complexity index is 1550. The molecule has 2 amide bonds. The first-order chi connectivity index (χ1) is 19.4. The lowest BCUT2D eigenvalue weighted by Gasteiger charge is -2.33. The minimum absolute atomic E-state index is 0.0829. The summed E-state index contributed by atoms with van der Waals surface area (Å²) in [5.41, 5.74) is 7.67. The fraction of sp³-hybridized carbons (Fsp3) is 0.267. The number of hydrogen-bond acceptors (Lipinski definition) is 4. The normalized spacial score (nSPS) is 14.9. The Balaban J connectivity index is 0.000000194. The van der Waals surface area contributed by atoms with Crippen LogP contribution in [0.25, 0.3) is 11.6 Å². The minimum atomic E-state index is -0.471. The van der Waals surface area contributed by atoms with Crippen LogP contribution in [0.1, 0.15) is 39.1 Å². The summed E-state index contributed by atoms with van der Waals surface area (Å²) in [4.78, 5) is 26.3. The van der Waals surface area contributed by atoms with E-state index in [-0.39, 0.29) is 5.91 Å². The Hall–Kier alpha value is -4.86. The zero-order valence-electron chi connectivity index (χ0n) is 22.8. The lowest BCUT2D eigenvalue weighted by Crippen LogP contribution is -2.40. The first-order valence-electron chi connectivity index (χ1n) is 13.4. The Morgan fingerprint density at radius 2 is 1.38 bits per heavy atom. The summed E-state index contributed by atoms with van der Waals surface area (Å²) in [7, 11) is 3.64. The number of primary amides is 1. The van der Waals surface area contributed by atoms with Crippen LogP contribution in [0.4, 0.5) is 0 Å². The number of nitrogens with two attached hydrogens (primary N) is 1. The summed E-state index contributed by atoms with van der Waals surface area (Å²) in [6, 6.07) is 18.2. The fourth-order valence-corrected chi connectivity index (χ4v) is 5.28. The van der Waals surface area contributed by atoms with Gasteiger partial charge in [-0.05, 0) is 55.0 Å². The van der Waals surface area contributed by atoms with Crippen molar-refractivity contribution >= 4 is 11.8 Å². The molecule has 1 aromatic carbocycles. The number of rotatable bonds is 6. The molecule has 0 spiro atoms. The van der Waals surface area contributed by atoms with Crippen molar-refractivity contribution in [3.8, 4) is 11.6 Å². The molecule has 1 aliphatic rings. The van der Waals surface area contributed by atoms with Gasteiger partial charge in [0, 0.05) is 52.0 Å². The van der Waals surface area contributed by atoms with E-state index >= 15 is 0 Å². The van der Waals surface area contributed by atoms with Gasteiger partial charge in [0.25, 0.3) is 11.8 Å². The second-order valence-electron chi connectivity index (χ2n) is 10.0. The smallest absolute Gasteiger partial charge is 0.259 e. The molecule has 4 aromatic heterocycles. The van der Waals surface area contributed by atoms with Crippen LogP contribution in [0.2, 0.25) is 0 Å². The van der Waals surface area contributed by atoms with E-state index in [2.05, 4.69) is 34.5 Å². The second kappa shape index (κ2) is 11.9. The molecule has 206 valence electrons. The molecule has 1 aliphatic heterocycles. The maximum absolute atomic E-state index is 13.2. The van der Waals surface area contributed by atoms with Crippen molar-refractivity contribution in [1.29, 1.82) is 0 Å². The fourth-order valence-electron chi connectivity index (χ4n) is 5.28. The summed E-state index contributed by atoms with van der Waals surface area (Å²) < 4.78 is 7.12. The molecule has 0 bridgehead atoms. The van der Waals surface area contributed by atoms with Gasteiger partial charge in [-0.1, -0.05) is 30.3 Å². The van der Waals surface area contributed by atoms with Crippen LogP contribution >= 0.6 is 0 Å². The van der Waals surface area contributed by atoms with Crippen molar-refractivity contribution in [3.05, 3.63) is 108 Å². The van der Waals surface area contributed by atoms with Gasteiger partial charge in [-0.2, -0.15) is 10.2 Å². The number of piperidine rings is 1. The second-order valence-corrected chi connectivity index (χ2v) is 10.0. The Kier molecular flexibility index (Phi) is 7.95. The number of likely N-dealkylation sites (tertiary alicyclic amines) is 1. The summed E-state index contributed by atoms with van der Waals surface area (Å²) >= 11 is 0. The SMILES string of the molecule is Cn1ncc(C(=O)N2CCCC(Cc3ccccc3)C2)c1-n1cccc1.Cn1ncc(C(N)=O)c1-n1cccc1. The minimum Gasteiger partial charge on any atom is -0.365 e. The Morgan fingerprint density at radius 1 is 0.825 bits per heavy atom. The van der Waals surface area contributed by atoms with E-state index in [1.54, 1.807) is 27.2 Å². The third kappa shape index (κ3) is 5.75. The average Bonchev–Trinajstić information content (AvgIpc) is 3.77. The van der Waals surface area contributed by atoms with Gasteiger partial charge in [-0.25, -0.2) is 0 Å². The van der Waals surface area contributed by atoms with Gasteiger partial charge in [-0.3, -0.25) is 19.0 Å². The maximum Gasteiger partial charge on any atom is 0.259 e. The van der Waals surface area contributed by atoms with Crippen LogP contribution in [0, 0.1) is 5.92 Å². The molecule has 0 saturated carbocycles. The standard InChI is InChI=1S/C21H24N4O.C9H10N4O/c1-23-20(24-11-5-6-12-24)19(15-22-23)21(26)25-13-7-10-18(16-25)14-17-8-3-2-4-9-17;1-12-9(13-4-2-3-5-13)7(6-11-12)8(10)14/h2-6,8-9,11-12,15,18H,7,10,13-14,16H2,1H3;2-6H,1H3,(H2,10,14). The molecule has 5 heterocycles. The zero-order valence-corrected chi connectivity index (χ0v) is 22.8. The molecule has 6 rings (SSSR count). The highest BCUT2D eigenvalue weighted by atomic mass is 16.2. The third-order valence-electron chi connectivity index (χ3n) is 7.18. The highest BCUT2D eigenvalue weighted by molar-refractivity contribution is 5.97. The van der Waals surface area contributed by atoms with Crippen molar-refractivity contribution < 1.29 is 9.59 Å². The van der Waals surface area contributed by atoms with Gasteiger partial charge >= 0.3 is 0 Å². The Labute approximate surface area is 233 Å². The van der Waals surface area contributed by atoms with Gasteiger partial charge in [0.2, 0.25) is 0 Å². The van der Waals surface area contributed by atoms with Crippen molar-refractivity contribution in [3.63, 3.8) is 0 Å². The molecule has 1 fully saturated rings. The van der Waals surface area contributed by atoms with Crippen LogP contribution in [0.3, 0.4) is 0 Å². The molecule has 10 heteroatoms. The van der Waals surface area contributed by atoms with Crippen LogP contribution in [-0.4, -0.2) is 58.5 Å². The number of benzene rings is 1. The van der Waals surface area contributed by atoms with Crippen LogP contribution in [0.5, 0.6) is 0 Å². The number of aromatic nitrogens is 6. The highest BCUT2D eigenvalue weighted by Gasteiger charge is 2.28. The van der Waals surface area contributed by atoms with E-state index in [0.717, 1.165) is 31.7 Å². The molecule has 5 aromatic rings. The molecule has 1 saturated heterocycles. The van der Waals surface area contributed by atoms with Crippen molar-refractivity contribution in [1.82, 2.24) is 33.6 Å². The van der Waals surface area contributed by atoms with E-state index in [9.17, 15) is 9.59 Å². The molecule has 40 heavy (non-hydrogen) atoms. The summed E-state index contributed by atoms with van der Waals surface area (Å²) in [5.74, 6) is 1.64. The molecular formula is C30H34N8O2. The van der Waals surface area contributed by atoms with Gasteiger partial charge in [0.1, 0.15) is 22.8 Å². The molecular weight excluding hydrogens is 504 g/mol.